The molecule has 10 nitrogen and oxygen atoms in total. The van der Waals surface area contributed by atoms with Crippen LogP contribution in [0, 0.1) is 29.9 Å². The van der Waals surface area contributed by atoms with Crippen LogP contribution in [0.5, 0.6) is 0 Å². The summed E-state index contributed by atoms with van der Waals surface area (Å²) in [6, 6.07) is 7.95. The van der Waals surface area contributed by atoms with Crippen LogP contribution in [0.25, 0.3) is 0 Å². The quantitative estimate of drug-likeness (QED) is 0.381. The van der Waals surface area contributed by atoms with Crippen LogP contribution in [-0.2, 0) is 14.4 Å². The number of rotatable bonds is 7. The highest BCUT2D eigenvalue weighted by Crippen LogP contribution is 2.37. The first kappa shape index (κ1) is 31.5. The van der Waals surface area contributed by atoms with Crippen LogP contribution >= 0.6 is 0 Å². The van der Waals surface area contributed by atoms with Gasteiger partial charge in [0.1, 0.15) is 41.6 Å². The third kappa shape index (κ3) is 6.63. The highest BCUT2D eigenvalue weighted by atomic mass is 19.3. The van der Waals surface area contributed by atoms with Gasteiger partial charge in [0, 0.05) is 37.6 Å². The Balaban J connectivity index is 1.63. The van der Waals surface area contributed by atoms with Gasteiger partial charge in [-0.1, -0.05) is 24.3 Å². The maximum Gasteiger partial charge on any atom is 0.259 e. The van der Waals surface area contributed by atoms with Crippen LogP contribution in [0.2, 0.25) is 0 Å². The number of aryl methyl sites for hydroxylation is 1. The number of carbonyl (C=O) groups is 3. The number of amides is 3. The van der Waals surface area contributed by atoms with Crippen LogP contribution in [0.4, 0.5) is 29.2 Å². The first-order valence-corrected chi connectivity index (χ1v) is 14.2. The lowest BCUT2D eigenvalue weighted by atomic mass is 9.91. The summed E-state index contributed by atoms with van der Waals surface area (Å²) in [7, 11) is 0. The van der Waals surface area contributed by atoms with Gasteiger partial charge in [0.05, 0.1) is 5.69 Å². The van der Waals surface area contributed by atoms with Gasteiger partial charge in [0.15, 0.2) is 0 Å². The number of aromatic nitrogens is 2. The molecule has 2 heterocycles. The lowest BCUT2D eigenvalue weighted by Crippen LogP contribution is -2.53. The Kier molecular flexibility index (Phi) is 8.83. The maximum atomic E-state index is 14.7. The van der Waals surface area contributed by atoms with Crippen LogP contribution < -0.4 is 15.1 Å². The molecule has 1 aliphatic carbocycles. The van der Waals surface area contributed by atoms with Gasteiger partial charge >= 0.3 is 0 Å². The molecule has 3 atom stereocenters. The molecule has 1 saturated carbocycles. The lowest BCUT2D eigenvalue weighted by molar-refractivity contribution is -0.128. The number of nitriles is 1. The van der Waals surface area contributed by atoms with Gasteiger partial charge in [-0.25, -0.2) is 27.5 Å². The van der Waals surface area contributed by atoms with Crippen molar-refractivity contribution in [2.45, 2.75) is 69.2 Å². The number of nitrogens with zero attached hydrogens (tertiary/aromatic N) is 5. The van der Waals surface area contributed by atoms with E-state index < -0.39 is 78.8 Å². The average Bonchev–Trinajstić information content (AvgIpc) is 3.30. The topological polar surface area (TPSA) is 140 Å². The Labute approximate surface area is 255 Å². The molecular weight excluding hydrogens is 596 g/mol. The number of aliphatic hydroxyl groups excluding tert-OH is 1. The van der Waals surface area contributed by atoms with Crippen molar-refractivity contribution >= 4 is 29.4 Å². The van der Waals surface area contributed by atoms with E-state index >= 15 is 0 Å². The van der Waals surface area contributed by atoms with Crippen molar-refractivity contribution in [2.75, 3.05) is 9.80 Å². The van der Waals surface area contributed by atoms with Gasteiger partial charge in [-0.15, -0.1) is 0 Å². The number of hydrogen-bond donors (Lipinski definition) is 2. The second-order valence-corrected chi connectivity index (χ2v) is 11.1. The zero-order valence-corrected chi connectivity index (χ0v) is 24.0. The van der Waals surface area contributed by atoms with E-state index in [4.69, 9.17) is 0 Å². The van der Waals surface area contributed by atoms with Gasteiger partial charge in [-0.2, -0.15) is 5.26 Å². The summed E-state index contributed by atoms with van der Waals surface area (Å²) in [6.45, 7) is 1.65. The SMILES string of the molecule is Cc1ccccc1C(C(=O)NC1CCC(F)(F)CC1)N(C(=O)C1CC(O)C(=O)N1c1nccc(C#N)n1)c1cc(F)cc(F)c1. The molecule has 45 heavy (non-hydrogen) atoms. The molecule has 2 aromatic carbocycles. The van der Waals surface area contributed by atoms with Gasteiger partial charge in [0.25, 0.3) is 11.8 Å². The summed E-state index contributed by atoms with van der Waals surface area (Å²) in [6.07, 6.45) is -2.00. The van der Waals surface area contributed by atoms with Gasteiger partial charge in [0.2, 0.25) is 17.8 Å². The van der Waals surface area contributed by atoms with E-state index in [0.717, 1.165) is 21.9 Å². The highest BCUT2D eigenvalue weighted by molar-refractivity contribution is 6.11. The minimum Gasteiger partial charge on any atom is -0.383 e. The number of nitrogens with one attached hydrogen (secondary N) is 1. The van der Waals surface area contributed by atoms with E-state index in [0.29, 0.717) is 11.6 Å². The molecule has 1 saturated heterocycles. The van der Waals surface area contributed by atoms with E-state index in [9.17, 15) is 42.3 Å². The molecule has 234 valence electrons. The number of benzene rings is 2. The first-order chi connectivity index (χ1) is 21.4. The van der Waals surface area contributed by atoms with Crippen LogP contribution in [0.3, 0.4) is 0 Å². The molecule has 0 radical (unpaired) electrons. The summed E-state index contributed by atoms with van der Waals surface area (Å²) in [5, 5.41) is 22.6. The standard InChI is InChI=1S/C31H28F4N6O4/c1-17-4-2-3-5-23(17)26(27(43)38-20-6-9-31(34,35)10-7-20)40(22-13-18(32)12-19(33)14-22)28(44)24-15-25(42)29(45)41(24)30-37-11-8-21(16-36)39-30/h2-5,8,11-14,20,24-26,42H,6-7,9-10,15H2,1H3,(H,38,43). The molecule has 3 amide bonds. The fourth-order valence-electron chi connectivity index (χ4n) is 5.71. The molecule has 5 rings (SSSR count). The molecule has 3 aromatic rings. The summed E-state index contributed by atoms with van der Waals surface area (Å²) >= 11 is 0. The Morgan fingerprint density at radius 1 is 1.13 bits per heavy atom. The Bertz CT molecular complexity index is 1650. The van der Waals surface area contributed by atoms with E-state index in [2.05, 4.69) is 15.3 Å². The summed E-state index contributed by atoms with van der Waals surface area (Å²) in [5.41, 5.74) is 0.261. The highest BCUT2D eigenvalue weighted by Gasteiger charge is 2.49. The summed E-state index contributed by atoms with van der Waals surface area (Å²) in [5.74, 6) is -8.17. The molecule has 2 N–H and O–H groups in total. The summed E-state index contributed by atoms with van der Waals surface area (Å²) < 4.78 is 57.1. The number of hydrogen-bond acceptors (Lipinski definition) is 7. The number of alkyl halides is 2. The number of carbonyl (C=O) groups excluding carboxylic acids is 3. The minimum absolute atomic E-state index is 0.0363. The van der Waals surface area contributed by atoms with Crippen molar-refractivity contribution < 1.29 is 37.1 Å². The van der Waals surface area contributed by atoms with Gasteiger partial charge in [-0.3, -0.25) is 24.2 Å². The third-order valence-corrected chi connectivity index (χ3v) is 7.95. The largest absolute Gasteiger partial charge is 0.383 e. The third-order valence-electron chi connectivity index (χ3n) is 7.95. The van der Waals surface area contributed by atoms with E-state index in [-0.39, 0.29) is 35.7 Å². The second kappa shape index (κ2) is 12.6. The van der Waals surface area contributed by atoms with Crippen molar-refractivity contribution in [3.8, 4) is 6.07 Å². The fraction of sp³-hybridized carbons (Fsp3) is 0.355. The molecule has 0 spiro atoms. The van der Waals surface area contributed by atoms with Crippen molar-refractivity contribution in [3.63, 3.8) is 0 Å². The normalized spacial score (nSPS) is 20.4. The Morgan fingerprint density at radius 2 is 1.80 bits per heavy atom. The molecule has 1 aromatic heterocycles. The van der Waals surface area contributed by atoms with Crippen molar-refractivity contribution in [1.29, 1.82) is 5.26 Å². The minimum atomic E-state index is -2.87. The van der Waals surface area contributed by atoms with Crippen molar-refractivity contribution in [1.82, 2.24) is 15.3 Å². The second-order valence-electron chi connectivity index (χ2n) is 11.1. The predicted molar refractivity (Wildman–Crippen MR) is 152 cm³/mol. The molecular formula is C31H28F4N6O4. The monoisotopic (exact) mass is 624 g/mol. The number of halogens is 4. The Hall–Kier alpha value is -4.90. The molecule has 1 aliphatic heterocycles. The number of anilines is 2. The van der Waals surface area contributed by atoms with E-state index in [1.54, 1.807) is 31.2 Å². The first-order valence-electron chi connectivity index (χ1n) is 14.2. The van der Waals surface area contributed by atoms with Crippen molar-refractivity contribution in [3.05, 3.63) is 83.2 Å². The van der Waals surface area contributed by atoms with Gasteiger partial charge < -0.3 is 10.4 Å². The van der Waals surface area contributed by atoms with Crippen molar-refractivity contribution in [2.24, 2.45) is 0 Å². The average molecular weight is 625 g/mol. The van der Waals surface area contributed by atoms with Gasteiger partial charge in [-0.05, 0) is 49.1 Å². The molecule has 0 bridgehead atoms. The fourth-order valence-corrected chi connectivity index (χ4v) is 5.71. The zero-order chi connectivity index (χ0) is 32.5. The predicted octanol–water partition coefficient (Wildman–Crippen LogP) is 3.87. The molecule has 2 aliphatic rings. The molecule has 14 heteroatoms. The van der Waals surface area contributed by atoms with E-state index in [1.165, 1.54) is 18.3 Å². The maximum absolute atomic E-state index is 14.7. The Morgan fingerprint density at radius 3 is 2.44 bits per heavy atom. The zero-order valence-electron chi connectivity index (χ0n) is 24.0. The van der Waals surface area contributed by atoms with Crippen LogP contribution in [0.15, 0.2) is 54.7 Å². The lowest BCUT2D eigenvalue weighted by Gasteiger charge is -2.37. The summed E-state index contributed by atoms with van der Waals surface area (Å²) in [4.78, 5) is 51.4. The van der Waals surface area contributed by atoms with Crippen LogP contribution in [0.1, 0.15) is 55.0 Å². The molecule has 3 unspecified atom stereocenters. The van der Waals surface area contributed by atoms with Crippen LogP contribution in [-0.4, -0.2) is 56.9 Å². The molecule has 2 fully saturated rings. The number of aliphatic hydroxyl groups is 1. The smallest absolute Gasteiger partial charge is 0.259 e. The van der Waals surface area contributed by atoms with E-state index in [1.807, 2.05) is 0 Å².